The molecule has 0 aromatic heterocycles. The first-order chi connectivity index (χ1) is 5.99. The van der Waals surface area contributed by atoms with Crippen molar-refractivity contribution < 1.29 is 13.5 Å². The van der Waals surface area contributed by atoms with Gasteiger partial charge in [-0.25, -0.2) is 8.78 Å². The molecule has 0 radical (unpaired) electrons. The van der Waals surface area contributed by atoms with Crippen molar-refractivity contribution in [1.29, 1.82) is 0 Å². The fourth-order valence-corrected chi connectivity index (χ4v) is 1.89. The Morgan fingerprint density at radius 3 is 2.46 bits per heavy atom. The molecule has 0 heterocycles. The van der Waals surface area contributed by atoms with E-state index in [1.807, 2.05) is 0 Å². The molecule has 0 amide bonds. The topological polar surface area (TPSA) is 9.23 Å². The molecular formula is C8H14F2OS2. The Morgan fingerprint density at radius 2 is 2.00 bits per heavy atom. The maximum Gasteiger partial charge on any atom is 0.248 e. The van der Waals surface area contributed by atoms with E-state index in [0.717, 1.165) is 0 Å². The maximum atomic E-state index is 12.7. The van der Waals surface area contributed by atoms with Crippen LogP contribution in [0.15, 0.2) is 0 Å². The van der Waals surface area contributed by atoms with Crippen LogP contribution in [0.4, 0.5) is 8.78 Å². The van der Waals surface area contributed by atoms with Gasteiger partial charge in [0.2, 0.25) is 5.92 Å². The van der Waals surface area contributed by atoms with Crippen molar-refractivity contribution in [3.05, 3.63) is 0 Å². The summed E-state index contributed by atoms with van der Waals surface area (Å²) in [5, 5.41) is 0. The van der Waals surface area contributed by atoms with Crippen LogP contribution in [0.1, 0.15) is 25.7 Å². The van der Waals surface area contributed by atoms with Crippen molar-refractivity contribution in [2.75, 3.05) is 5.94 Å². The molecule has 1 nitrogen and oxygen atoms in total. The van der Waals surface area contributed by atoms with Crippen LogP contribution in [-0.4, -0.2) is 23.8 Å². The maximum absolute atomic E-state index is 12.7. The van der Waals surface area contributed by atoms with E-state index >= 15 is 0 Å². The van der Waals surface area contributed by atoms with Gasteiger partial charge in [-0.1, -0.05) is 5.87 Å². The SMILES string of the molecule is C=S(S)COC1CCC(F)(F)CC1. The van der Waals surface area contributed by atoms with Gasteiger partial charge < -0.3 is 4.74 Å². The third kappa shape index (κ3) is 4.42. The van der Waals surface area contributed by atoms with Crippen molar-refractivity contribution in [3.63, 3.8) is 0 Å². The van der Waals surface area contributed by atoms with E-state index in [-0.39, 0.29) is 28.5 Å². The zero-order valence-electron chi connectivity index (χ0n) is 7.34. The number of ether oxygens (including phenoxy) is 1. The van der Waals surface area contributed by atoms with E-state index in [2.05, 4.69) is 17.5 Å². The zero-order valence-corrected chi connectivity index (χ0v) is 9.05. The normalized spacial score (nSPS) is 25.8. The van der Waals surface area contributed by atoms with Gasteiger partial charge in [0.1, 0.15) is 0 Å². The third-order valence-corrected chi connectivity index (χ3v) is 2.83. The Labute approximate surface area is 84.6 Å². The number of hydrogen-bond donors (Lipinski definition) is 1. The highest BCUT2D eigenvalue weighted by Crippen LogP contribution is 2.34. The largest absolute Gasteiger partial charge is 0.367 e. The van der Waals surface area contributed by atoms with Gasteiger partial charge in [-0.2, -0.15) is 0 Å². The van der Waals surface area contributed by atoms with Crippen LogP contribution in [0.25, 0.3) is 0 Å². The molecule has 1 aliphatic carbocycles. The van der Waals surface area contributed by atoms with E-state index in [1.165, 1.54) is 0 Å². The van der Waals surface area contributed by atoms with Gasteiger partial charge in [0.15, 0.2) is 0 Å². The molecule has 1 unspecified atom stereocenters. The number of hydrogen-bond acceptors (Lipinski definition) is 2. The third-order valence-electron chi connectivity index (χ3n) is 2.10. The quantitative estimate of drug-likeness (QED) is 0.444. The minimum atomic E-state index is -2.47. The Morgan fingerprint density at radius 1 is 1.46 bits per heavy atom. The first-order valence-electron chi connectivity index (χ1n) is 4.19. The van der Waals surface area contributed by atoms with Crippen LogP contribution in [0.2, 0.25) is 0 Å². The second-order valence-electron chi connectivity index (χ2n) is 3.30. The minimum Gasteiger partial charge on any atom is -0.367 e. The molecule has 0 bridgehead atoms. The molecule has 0 aliphatic heterocycles. The minimum absolute atomic E-state index is 0.0106. The zero-order chi connectivity index (χ0) is 9.90. The first-order valence-corrected chi connectivity index (χ1v) is 6.80. The van der Waals surface area contributed by atoms with Crippen LogP contribution in [0.3, 0.4) is 0 Å². The predicted molar refractivity (Wildman–Crippen MR) is 56.9 cm³/mol. The second-order valence-corrected chi connectivity index (χ2v) is 6.01. The fraction of sp³-hybridized carbons (Fsp3) is 0.875. The average molecular weight is 228 g/mol. The lowest BCUT2D eigenvalue weighted by atomic mass is 9.94. The molecule has 1 rings (SSSR count). The second kappa shape index (κ2) is 4.75. The fourth-order valence-electron chi connectivity index (χ4n) is 1.36. The lowest BCUT2D eigenvalue weighted by Crippen LogP contribution is -2.29. The summed E-state index contributed by atoms with van der Waals surface area (Å²) in [6.07, 6.45) is 0.809. The Kier molecular flexibility index (Phi) is 4.19. The monoisotopic (exact) mass is 228 g/mol. The molecule has 0 N–H and O–H groups in total. The molecule has 0 aromatic carbocycles. The molecule has 1 atom stereocenters. The van der Waals surface area contributed by atoms with Gasteiger partial charge in [-0.15, -0.1) is 21.2 Å². The molecule has 1 fully saturated rings. The summed E-state index contributed by atoms with van der Waals surface area (Å²) in [4.78, 5) is 0. The molecule has 0 spiro atoms. The summed E-state index contributed by atoms with van der Waals surface area (Å²) >= 11 is 4.08. The van der Waals surface area contributed by atoms with E-state index < -0.39 is 5.92 Å². The summed E-state index contributed by atoms with van der Waals surface area (Å²) in [6, 6.07) is 0. The first kappa shape index (κ1) is 11.5. The summed E-state index contributed by atoms with van der Waals surface area (Å²) in [5.41, 5.74) is 0. The summed E-state index contributed by atoms with van der Waals surface area (Å²) < 4.78 is 30.8. The molecule has 1 saturated carbocycles. The highest BCUT2D eigenvalue weighted by Gasteiger charge is 2.35. The van der Waals surface area contributed by atoms with E-state index in [9.17, 15) is 8.78 Å². The lowest BCUT2D eigenvalue weighted by molar-refractivity contribution is -0.0734. The van der Waals surface area contributed by atoms with E-state index in [0.29, 0.717) is 18.8 Å². The summed E-state index contributed by atoms with van der Waals surface area (Å²) in [7, 11) is -0.302. The summed E-state index contributed by atoms with van der Waals surface area (Å²) in [6.45, 7) is 0. The highest BCUT2D eigenvalue weighted by atomic mass is 33.1. The van der Waals surface area contributed by atoms with Gasteiger partial charge in [-0.05, 0) is 12.8 Å². The Bertz CT molecular complexity index is 187. The van der Waals surface area contributed by atoms with Crippen molar-refractivity contribution in [2.45, 2.75) is 37.7 Å². The van der Waals surface area contributed by atoms with Crippen molar-refractivity contribution in [1.82, 2.24) is 0 Å². The van der Waals surface area contributed by atoms with Crippen LogP contribution >= 0.6 is 21.2 Å². The average Bonchev–Trinajstić information content (AvgIpc) is 2.02. The number of rotatable bonds is 3. The molecule has 78 valence electrons. The van der Waals surface area contributed by atoms with E-state index in [1.54, 1.807) is 0 Å². The van der Waals surface area contributed by atoms with Gasteiger partial charge in [0.05, 0.1) is 12.0 Å². The molecule has 0 aromatic rings. The standard InChI is InChI=1S/C8H14F2OS2/c1-13(12)6-11-7-2-4-8(9,10)5-3-7/h7,12H,1-6H2. The van der Waals surface area contributed by atoms with Crippen LogP contribution in [0.5, 0.6) is 0 Å². The molecule has 5 heteroatoms. The predicted octanol–water partition coefficient (Wildman–Crippen LogP) is 3.08. The molecular weight excluding hydrogens is 214 g/mol. The van der Waals surface area contributed by atoms with Gasteiger partial charge in [0, 0.05) is 12.8 Å². The van der Waals surface area contributed by atoms with Crippen LogP contribution in [-0.2, 0) is 4.74 Å². The van der Waals surface area contributed by atoms with Gasteiger partial charge in [-0.3, -0.25) is 0 Å². The van der Waals surface area contributed by atoms with Crippen molar-refractivity contribution >= 4 is 27.0 Å². The Hall–Kier alpha value is 0.390. The molecule has 1 aliphatic rings. The smallest absolute Gasteiger partial charge is 0.248 e. The molecule has 13 heavy (non-hydrogen) atoms. The lowest BCUT2D eigenvalue weighted by Gasteiger charge is -2.28. The molecule has 0 saturated heterocycles. The van der Waals surface area contributed by atoms with Gasteiger partial charge in [0.25, 0.3) is 0 Å². The van der Waals surface area contributed by atoms with Crippen LogP contribution < -0.4 is 0 Å². The van der Waals surface area contributed by atoms with E-state index in [4.69, 9.17) is 4.74 Å². The highest BCUT2D eigenvalue weighted by molar-refractivity contribution is 8.75. The summed E-state index contributed by atoms with van der Waals surface area (Å²) in [5.74, 6) is 1.68. The Balaban J connectivity index is 2.21. The number of halogens is 2. The number of thiol groups is 1. The van der Waals surface area contributed by atoms with Crippen molar-refractivity contribution in [2.24, 2.45) is 0 Å². The van der Waals surface area contributed by atoms with Crippen molar-refractivity contribution in [3.8, 4) is 0 Å². The number of alkyl halides is 2. The van der Waals surface area contributed by atoms with Gasteiger partial charge >= 0.3 is 0 Å². The van der Waals surface area contributed by atoms with Crippen LogP contribution in [0, 0.1) is 0 Å².